The summed E-state index contributed by atoms with van der Waals surface area (Å²) in [6.07, 6.45) is 3.35. The lowest BCUT2D eigenvalue weighted by molar-refractivity contribution is 0.0481. The lowest BCUT2D eigenvalue weighted by Crippen LogP contribution is -2.12. The number of hydrogen-bond donors (Lipinski definition) is 0. The van der Waals surface area contributed by atoms with Gasteiger partial charge in [-0.25, -0.2) is 19.6 Å². The van der Waals surface area contributed by atoms with Crippen LogP contribution in [0, 0.1) is 0 Å². The lowest BCUT2D eigenvalue weighted by atomic mass is 10.1. The molecule has 0 saturated heterocycles. The van der Waals surface area contributed by atoms with Gasteiger partial charge < -0.3 is 9.47 Å². The van der Waals surface area contributed by atoms with Crippen LogP contribution in [0.5, 0.6) is 0 Å². The van der Waals surface area contributed by atoms with Crippen molar-refractivity contribution in [3.63, 3.8) is 0 Å². The highest BCUT2D eigenvalue weighted by atomic mass is 32.1. The van der Waals surface area contributed by atoms with Crippen molar-refractivity contribution in [3.05, 3.63) is 68.0 Å². The fraction of sp³-hybridized carbons (Fsp3) is 0.167. The predicted octanol–water partition coefficient (Wildman–Crippen LogP) is 7.45. The molecule has 4 heterocycles. The normalized spacial score (nSPS) is 11.5. The molecule has 0 saturated carbocycles. The summed E-state index contributed by atoms with van der Waals surface area (Å²) in [6.45, 7) is 3.77. The first-order valence-electron chi connectivity index (χ1n) is 10.4. The first kappa shape index (κ1) is 24.2. The Bertz CT molecular complexity index is 1320. The van der Waals surface area contributed by atoms with E-state index in [0.29, 0.717) is 10.0 Å². The highest BCUT2D eigenvalue weighted by Crippen LogP contribution is 2.43. The molecule has 0 amide bonds. The Labute approximate surface area is 212 Å². The first-order chi connectivity index (χ1) is 16.6. The maximum Gasteiger partial charge on any atom is 0.342 e. The number of carbonyl (C=O) groups is 2. The fourth-order valence-electron chi connectivity index (χ4n) is 2.96. The van der Waals surface area contributed by atoms with Crippen LogP contribution < -0.4 is 0 Å². The van der Waals surface area contributed by atoms with E-state index in [0.717, 1.165) is 26.0 Å². The highest BCUT2D eigenvalue weighted by Gasteiger charge is 2.30. The molecular weight excluding hydrogens is 509 g/mol. The molecule has 0 aromatic carbocycles. The van der Waals surface area contributed by atoms with Crippen LogP contribution in [0.2, 0.25) is 0 Å². The first-order valence-corrected chi connectivity index (χ1v) is 13.8. The summed E-state index contributed by atoms with van der Waals surface area (Å²) < 4.78 is 10.5. The van der Waals surface area contributed by atoms with Crippen molar-refractivity contribution in [2.45, 2.75) is 13.8 Å². The molecule has 0 unspecified atom stereocenters. The SMILES string of the molecule is CCOC(=O)c1c(/N=C/c2cccs2)sc(/N=C/c2ccc(-c3cccs3)s2)c1C(=O)OCC. The zero-order valence-electron chi connectivity index (χ0n) is 18.3. The molecule has 0 N–H and O–H groups in total. The van der Waals surface area contributed by atoms with E-state index in [1.54, 1.807) is 49.0 Å². The Hall–Kier alpha value is -2.92. The van der Waals surface area contributed by atoms with E-state index in [1.807, 2.05) is 41.1 Å². The van der Waals surface area contributed by atoms with Gasteiger partial charge >= 0.3 is 11.9 Å². The average Bonchev–Trinajstić information content (AvgIpc) is 3.62. The molecule has 0 atom stereocenters. The third-order valence-corrected chi connectivity index (χ3v) is 8.28. The maximum absolute atomic E-state index is 12.9. The molecule has 4 aromatic rings. The number of ether oxygens (including phenoxy) is 2. The molecule has 0 aliphatic rings. The number of nitrogens with zero attached hydrogens (tertiary/aromatic N) is 2. The van der Waals surface area contributed by atoms with Gasteiger partial charge in [-0.1, -0.05) is 23.5 Å². The van der Waals surface area contributed by atoms with Crippen molar-refractivity contribution in [2.24, 2.45) is 9.98 Å². The molecule has 0 bridgehead atoms. The standard InChI is InChI=1S/C24H20N2O4S4/c1-3-29-23(27)19-20(24(28)30-4-2)22(34-21(19)25-13-15-7-5-11-31-15)26-14-16-9-10-18(33-16)17-8-6-12-32-17/h5-14H,3-4H2,1-2H3/b25-13+,26-14+. The van der Waals surface area contributed by atoms with Gasteiger partial charge in [0.1, 0.15) is 21.1 Å². The van der Waals surface area contributed by atoms with Crippen LogP contribution in [-0.2, 0) is 9.47 Å². The number of thiophene rings is 4. The second-order valence-electron chi connectivity index (χ2n) is 6.61. The molecule has 4 rings (SSSR count). The number of esters is 2. The molecule has 0 radical (unpaired) electrons. The molecule has 34 heavy (non-hydrogen) atoms. The van der Waals surface area contributed by atoms with Gasteiger partial charge in [0.05, 0.1) is 13.2 Å². The van der Waals surface area contributed by atoms with Gasteiger partial charge in [0, 0.05) is 31.9 Å². The summed E-state index contributed by atoms with van der Waals surface area (Å²) >= 11 is 5.95. The van der Waals surface area contributed by atoms with E-state index >= 15 is 0 Å². The van der Waals surface area contributed by atoms with Crippen LogP contribution in [0.1, 0.15) is 44.3 Å². The maximum atomic E-state index is 12.9. The van der Waals surface area contributed by atoms with Gasteiger partial charge in [0.25, 0.3) is 0 Å². The van der Waals surface area contributed by atoms with Crippen LogP contribution in [0.25, 0.3) is 9.75 Å². The molecule has 10 heteroatoms. The average molecular weight is 529 g/mol. The third kappa shape index (κ3) is 5.58. The molecule has 0 aliphatic heterocycles. The van der Waals surface area contributed by atoms with Gasteiger partial charge in [0.2, 0.25) is 0 Å². The molecular formula is C24H20N2O4S4. The predicted molar refractivity (Wildman–Crippen MR) is 143 cm³/mol. The van der Waals surface area contributed by atoms with Crippen LogP contribution in [0.4, 0.5) is 10.0 Å². The van der Waals surface area contributed by atoms with E-state index in [9.17, 15) is 9.59 Å². The molecule has 6 nitrogen and oxygen atoms in total. The van der Waals surface area contributed by atoms with Gasteiger partial charge in [-0.3, -0.25) is 0 Å². The van der Waals surface area contributed by atoms with Crippen molar-refractivity contribution in [3.8, 4) is 9.75 Å². The Balaban J connectivity index is 1.75. The molecule has 174 valence electrons. The smallest absolute Gasteiger partial charge is 0.342 e. The van der Waals surface area contributed by atoms with Gasteiger partial charge in [0.15, 0.2) is 0 Å². The summed E-state index contributed by atoms with van der Waals surface area (Å²) in [6, 6.07) is 11.9. The number of hydrogen-bond acceptors (Lipinski definition) is 10. The van der Waals surface area contributed by atoms with E-state index in [4.69, 9.17) is 9.47 Å². The van der Waals surface area contributed by atoms with Gasteiger partial charge in [-0.2, -0.15) is 0 Å². The molecule has 0 spiro atoms. The summed E-state index contributed by atoms with van der Waals surface area (Å²) in [7, 11) is 0. The number of carbonyl (C=O) groups excluding carboxylic acids is 2. The minimum Gasteiger partial charge on any atom is -0.462 e. The van der Waals surface area contributed by atoms with Crippen LogP contribution in [-0.4, -0.2) is 37.6 Å². The monoisotopic (exact) mass is 528 g/mol. The Kier molecular flexibility index (Phi) is 8.17. The van der Waals surface area contributed by atoms with Gasteiger partial charge in [-0.15, -0.1) is 34.0 Å². The summed E-state index contributed by atoms with van der Waals surface area (Å²) in [5.41, 5.74) is 0.158. The quantitative estimate of drug-likeness (QED) is 0.167. The van der Waals surface area contributed by atoms with Crippen LogP contribution in [0.15, 0.2) is 57.1 Å². The molecule has 0 aliphatic carbocycles. The Morgan fingerprint density at radius 1 is 0.765 bits per heavy atom. The molecule has 4 aromatic heterocycles. The van der Waals surface area contributed by atoms with Crippen molar-refractivity contribution in [1.29, 1.82) is 0 Å². The van der Waals surface area contributed by atoms with Crippen LogP contribution in [0.3, 0.4) is 0 Å². The zero-order chi connectivity index (χ0) is 23.9. The van der Waals surface area contributed by atoms with E-state index in [1.165, 1.54) is 16.2 Å². The minimum atomic E-state index is -0.628. The van der Waals surface area contributed by atoms with E-state index in [2.05, 4.69) is 16.1 Å². The second-order valence-corrected chi connectivity index (χ2v) is 10.6. The van der Waals surface area contributed by atoms with Crippen LogP contribution >= 0.6 is 45.3 Å². The zero-order valence-corrected chi connectivity index (χ0v) is 21.6. The Morgan fingerprint density at radius 2 is 1.38 bits per heavy atom. The van der Waals surface area contributed by atoms with E-state index in [-0.39, 0.29) is 24.3 Å². The summed E-state index contributed by atoms with van der Waals surface area (Å²) in [5, 5.41) is 4.68. The minimum absolute atomic E-state index is 0.0786. The summed E-state index contributed by atoms with van der Waals surface area (Å²) in [4.78, 5) is 38.9. The topological polar surface area (TPSA) is 77.3 Å². The number of rotatable bonds is 9. The Morgan fingerprint density at radius 3 is 1.94 bits per heavy atom. The van der Waals surface area contributed by atoms with Crippen molar-refractivity contribution >= 4 is 79.7 Å². The second kappa shape index (κ2) is 11.5. The van der Waals surface area contributed by atoms with Crippen molar-refractivity contribution in [1.82, 2.24) is 0 Å². The summed E-state index contributed by atoms with van der Waals surface area (Å²) in [5.74, 6) is -1.25. The van der Waals surface area contributed by atoms with Gasteiger partial charge in [-0.05, 0) is 48.9 Å². The molecule has 0 fully saturated rings. The largest absolute Gasteiger partial charge is 0.462 e. The fourth-order valence-corrected chi connectivity index (χ4v) is 6.23. The highest BCUT2D eigenvalue weighted by molar-refractivity contribution is 7.22. The lowest BCUT2D eigenvalue weighted by Gasteiger charge is -2.05. The number of aliphatic imine (C=N–C) groups is 2. The third-order valence-electron chi connectivity index (χ3n) is 4.38. The van der Waals surface area contributed by atoms with Crippen molar-refractivity contribution in [2.75, 3.05) is 13.2 Å². The van der Waals surface area contributed by atoms with Crippen molar-refractivity contribution < 1.29 is 19.1 Å². The van der Waals surface area contributed by atoms with E-state index < -0.39 is 11.9 Å².